The molecule has 1 amide bonds. The maximum absolute atomic E-state index is 11.5. The Hall–Kier alpha value is -2.31. The van der Waals surface area contributed by atoms with E-state index in [4.69, 9.17) is 0 Å². The van der Waals surface area contributed by atoms with Crippen LogP contribution in [0.15, 0.2) is 18.2 Å². The molecule has 0 saturated carbocycles. The van der Waals surface area contributed by atoms with Gasteiger partial charge in [0.15, 0.2) is 0 Å². The second-order valence-electron chi connectivity index (χ2n) is 2.85. The van der Waals surface area contributed by atoms with E-state index in [2.05, 4.69) is 30.9 Å². The van der Waals surface area contributed by atoms with Gasteiger partial charge in [-0.1, -0.05) is 6.07 Å². The van der Waals surface area contributed by atoms with Crippen LogP contribution in [0.1, 0.15) is 16.3 Å². The number of amides is 1. The average molecular weight is 204 g/mol. The van der Waals surface area contributed by atoms with Gasteiger partial charge in [0.2, 0.25) is 0 Å². The highest BCUT2D eigenvalue weighted by Crippen LogP contribution is 2.04. The van der Waals surface area contributed by atoms with E-state index in [9.17, 15) is 4.79 Å². The number of anilines is 1. The van der Waals surface area contributed by atoms with Gasteiger partial charge >= 0.3 is 0 Å². The van der Waals surface area contributed by atoms with Gasteiger partial charge < -0.3 is 5.32 Å². The van der Waals surface area contributed by atoms with Crippen LogP contribution in [0.5, 0.6) is 0 Å². The Morgan fingerprint density at radius 1 is 1.47 bits per heavy atom. The molecule has 0 atom stereocenters. The number of aromatic amines is 1. The van der Waals surface area contributed by atoms with Crippen molar-refractivity contribution in [3.05, 3.63) is 29.7 Å². The molecule has 0 aliphatic carbocycles. The molecule has 0 saturated heterocycles. The molecule has 0 fully saturated rings. The first kappa shape index (κ1) is 9.25. The van der Waals surface area contributed by atoms with Crippen LogP contribution in [0.4, 0.5) is 5.82 Å². The molecule has 2 rings (SSSR count). The van der Waals surface area contributed by atoms with Crippen molar-refractivity contribution in [1.29, 1.82) is 0 Å². The van der Waals surface area contributed by atoms with Crippen LogP contribution in [-0.2, 0) is 0 Å². The van der Waals surface area contributed by atoms with Crippen molar-refractivity contribution in [2.75, 3.05) is 5.32 Å². The summed E-state index contributed by atoms with van der Waals surface area (Å²) in [5, 5.41) is 15.1. The molecule has 7 nitrogen and oxygen atoms in total. The standard InChI is InChI=1S/C8H8N6O/c1-5-3-2-4-6(9-5)10-8(15)7-11-13-14-12-7/h2-4H,1H3,(H,9,10,15)(H,11,12,13,14). The van der Waals surface area contributed by atoms with Crippen LogP contribution < -0.4 is 5.32 Å². The molecule has 76 valence electrons. The number of nitrogens with zero attached hydrogens (tertiary/aromatic N) is 4. The Labute approximate surface area is 84.9 Å². The van der Waals surface area contributed by atoms with Gasteiger partial charge in [-0.3, -0.25) is 4.79 Å². The van der Waals surface area contributed by atoms with E-state index in [-0.39, 0.29) is 5.82 Å². The zero-order valence-electron chi connectivity index (χ0n) is 7.93. The highest BCUT2D eigenvalue weighted by molar-refractivity contribution is 6.00. The van der Waals surface area contributed by atoms with Gasteiger partial charge in [-0.25, -0.2) is 4.98 Å². The third-order valence-corrected chi connectivity index (χ3v) is 1.68. The van der Waals surface area contributed by atoms with Gasteiger partial charge in [0.1, 0.15) is 5.82 Å². The quantitative estimate of drug-likeness (QED) is 0.726. The number of carbonyl (C=O) groups is 1. The number of rotatable bonds is 2. The molecule has 0 aromatic carbocycles. The van der Waals surface area contributed by atoms with E-state index in [1.54, 1.807) is 12.1 Å². The van der Waals surface area contributed by atoms with Crippen molar-refractivity contribution < 1.29 is 4.79 Å². The minimum Gasteiger partial charge on any atom is -0.304 e. The van der Waals surface area contributed by atoms with Crippen LogP contribution in [-0.4, -0.2) is 31.5 Å². The third kappa shape index (κ3) is 2.13. The zero-order chi connectivity index (χ0) is 10.7. The van der Waals surface area contributed by atoms with E-state index in [0.717, 1.165) is 5.69 Å². The molecule has 0 aliphatic rings. The Morgan fingerprint density at radius 3 is 3.00 bits per heavy atom. The van der Waals surface area contributed by atoms with Crippen molar-refractivity contribution in [3.63, 3.8) is 0 Å². The van der Waals surface area contributed by atoms with Crippen molar-refractivity contribution in [1.82, 2.24) is 25.6 Å². The number of pyridine rings is 1. The molecule has 2 heterocycles. The van der Waals surface area contributed by atoms with E-state index < -0.39 is 5.91 Å². The van der Waals surface area contributed by atoms with Crippen LogP contribution in [0.3, 0.4) is 0 Å². The monoisotopic (exact) mass is 204 g/mol. The number of aromatic nitrogens is 5. The molecule has 0 bridgehead atoms. The van der Waals surface area contributed by atoms with Crippen molar-refractivity contribution >= 4 is 11.7 Å². The summed E-state index contributed by atoms with van der Waals surface area (Å²) in [7, 11) is 0. The van der Waals surface area contributed by atoms with Crippen LogP contribution in [0, 0.1) is 6.92 Å². The van der Waals surface area contributed by atoms with Gasteiger partial charge in [0.25, 0.3) is 11.7 Å². The minimum atomic E-state index is -0.443. The predicted octanol–water partition coefficient (Wildman–Crippen LogP) is 0.155. The smallest absolute Gasteiger partial charge is 0.298 e. The Kier molecular flexibility index (Phi) is 2.36. The first-order valence-electron chi connectivity index (χ1n) is 4.24. The predicted molar refractivity (Wildman–Crippen MR) is 51.1 cm³/mol. The third-order valence-electron chi connectivity index (χ3n) is 1.68. The molecule has 0 unspecified atom stereocenters. The van der Waals surface area contributed by atoms with Crippen molar-refractivity contribution in [2.45, 2.75) is 6.92 Å². The second kappa shape index (κ2) is 3.82. The Morgan fingerprint density at radius 2 is 2.33 bits per heavy atom. The highest BCUT2D eigenvalue weighted by Gasteiger charge is 2.10. The number of hydrogen-bond acceptors (Lipinski definition) is 5. The van der Waals surface area contributed by atoms with Gasteiger partial charge in [-0.15, -0.1) is 10.2 Å². The first-order valence-corrected chi connectivity index (χ1v) is 4.24. The maximum Gasteiger partial charge on any atom is 0.298 e. The molecule has 7 heteroatoms. The lowest BCUT2D eigenvalue weighted by Crippen LogP contribution is -2.14. The van der Waals surface area contributed by atoms with Crippen LogP contribution in [0.2, 0.25) is 0 Å². The fraction of sp³-hybridized carbons (Fsp3) is 0.125. The Balaban J connectivity index is 2.13. The lowest BCUT2D eigenvalue weighted by Gasteiger charge is -2.01. The summed E-state index contributed by atoms with van der Waals surface area (Å²) in [5.74, 6) is 0.00459. The van der Waals surface area contributed by atoms with Crippen molar-refractivity contribution in [3.8, 4) is 0 Å². The normalized spacial score (nSPS) is 9.93. The van der Waals surface area contributed by atoms with Crippen LogP contribution >= 0.6 is 0 Å². The molecule has 2 aromatic heterocycles. The molecule has 0 radical (unpaired) electrons. The average Bonchev–Trinajstić information content (AvgIpc) is 2.70. The van der Waals surface area contributed by atoms with E-state index in [1.807, 2.05) is 13.0 Å². The number of aryl methyl sites for hydroxylation is 1. The van der Waals surface area contributed by atoms with Gasteiger partial charge in [0, 0.05) is 5.69 Å². The summed E-state index contributed by atoms with van der Waals surface area (Å²) in [6, 6.07) is 5.32. The van der Waals surface area contributed by atoms with E-state index in [0.29, 0.717) is 5.82 Å². The summed E-state index contributed by atoms with van der Waals surface area (Å²) < 4.78 is 0. The van der Waals surface area contributed by atoms with E-state index in [1.165, 1.54) is 0 Å². The summed E-state index contributed by atoms with van der Waals surface area (Å²) in [5.41, 5.74) is 0.820. The fourth-order valence-corrected chi connectivity index (χ4v) is 1.04. The largest absolute Gasteiger partial charge is 0.304 e. The zero-order valence-corrected chi connectivity index (χ0v) is 7.93. The topological polar surface area (TPSA) is 96.5 Å². The lowest BCUT2D eigenvalue weighted by molar-refractivity contribution is 0.101. The summed E-state index contributed by atoms with van der Waals surface area (Å²) >= 11 is 0. The van der Waals surface area contributed by atoms with Crippen molar-refractivity contribution in [2.24, 2.45) is 0 Å². The molecular weight excluding hydrogens is 196 g/mol. The summed E-state index contributed by atoms with van der Waals surface area (Å²) in [6.45, 7) is 1.84. The van der Waals surface area contributed by atoms with Gasteiger partial charge in [-0.2, -0.15) is 5.21 Å². The number of nitrogens with one attached hydrogen (secondary N) is 2. The minimum absolute atomic E-state index is 0.0155. The highest BCUT2D eigenvalue weighted by atomic mass is 16.2. The number of hydrogen-bond donors (Lipinski definition) is 2. The van der Waals surface area contributed by atoms with Gasteiger partial charge in [-0.05, 0) is 24.3 Å². The first-order chi connectivity index (χ1) is 7.25. The van der Waals surface area contributed by atoms with E-state index >= 15 is 0 Å². The Bertz CT molecular complexity index is 466. The van der Waals surface area contributed by atoms with Crippen LogP contribution in [0.25, 0.3) is 0 Å². The van der Waals surface area contributed by atoms with Gasteiger partial charge in [0.05, 0.1) is 0 Å². The number of H-pyrrole nitrogens is 1. The molecule has 2 N–H and O–H groups in total. The summed E-state index contributed by atoms with van der Waals surface area (Å²) in [6.07, 6.45) is 0. The fourth-order valence-electron chi connectivity index (χ4n) is 1.04. The molecule has 2 aromatic rings. The summed E-state index contributed by atoms with van der Waals surface area (Å²) in [4.78, 5) is 15.6. The second-order valence-corrected chi connectivity index (χ2v) is 2.85. The SMILES string of the molecule is Cc1cccc(NC(=O)c2nn[nH]n2)n1. The number of carbonyl (C=O) groups excluding carboxylic acids is 1. The molecular formula is C8H8N6O. The lowest BCUT2D eigenvalue weighted by atomic mass is 10.4. The number of tetrazole rings is 1. The molecule has 15 heavy (non-hydrogen) atoms. The molecule has 0 spiro atoms. The molecule has 0 aliphatic heterocycles. The maximum atomic E-state index is 11.5.